The van der Waals surface area contributed by atoms with Crippen molar-refractivity contribution < 1.29 is 18.9 Å². The SMILES string of the molecule is Cc1cc(F)cc(C(=O)N2CCCC(CNC(=O)C3CCCN3)C2)c1[N+](=O)[O-].Cl. The van der Waals surface area contributed by atoms with E-state index in [1.807, 2.05) is 0 Å². The number of aryl methyl sites for hydroxylation is 1. The molecule has 0 radical (unpaired) electrons. The van der Waals surface area contributed by atoms with Crippen LogP contribution in [0.15, 0.2) is 12.1 Å². The highest BCUT2D eigenvalue weighted by atomic mass is 35.5. The van der Waals surface area contributed by atoms with E-state index in [2.05, 4.69) is 10.6 Å². The van der Waals surface area contributed by atoms with Crippen LogP contribution in [0, 0.1) is 28.8 Å². The summed E-state index contributed by atoms with van der Waals surface area (Å²) < 4.78 is 13.8. The van der Waals surface area contributed by atoms with Crippen LogP contribution in [0.25, 0.3) is 0 Å². The van der Waals surface area contributed by atoms with Crippen molar-refractivity contribution in [2.75, 3.05) is 26.2 Å². The highest BCUT2D eigenvalue weighted by Crippen LogP contribution is 2.27. The molecule has 2 amide bonds. The van der Waals surface area contributed by atoms with Crippen LogP contribution in [0.3, 0.4) is 0 Å². The number of nitro benzene ring substituents is 1. The third-order valence-corrected chi connectivity index (χ3v) is 5.43. The van der Waals surface area contributed by atoms with Gasteiger partial charge in [-0.05, 0) is 57.2 Å². The van der Waals surface area contributed by atoms with Crippen LogP contribution in [0.1, 0.15) is 41.6 Å². The first-order valence-corrected chi connectivity index (χ1v) is 9.61. The second-order valence-corrected chi connectivity index (χ2v) is 7.53. The van der Waals surface area contributed by atoms with E-state index in [1.165, 1.54) is 11.8 Å². The monoisotopic (exact) mass is 428 g/mol. The zero-order valence-corrected chi connectivity index (χ0v) is 17.1. The summed E-state index contributed by atoms with van der Waals surface area (Å²) in [5, 5.41) is 17.4. The van der Waals surface area contributed by atoms with Crippen molar-refractivity contribution in [2.24, 2.45) is 5.92 Å². The van der Waals surface area contributed by atoms with Crippen molar-refractivity contribution >= 4 is 29.9 Å². The minimum absolute atomic E-state index is 0. The van der Waals surface area contributed by atoms with Gasteiger partial charge in [-0.1, -0.05) is 0 Å². The van der Waals surface area contributed by atoms with Crippen molar-refractivity contribution in [1.82, 2.24) is 15.5 Å². The van der Waals surface area contributed by atoms with E-state index in [0.29, 0.717) is 19.6 Å². The fourth-order valence-electron chi connectivity index (χ4n) is 4.00. The summed E-state index contributed by atoms with van der Waals surface area (Å²) in [4.78, 5) is 37.3. The zero-order chi connectivity index (χ0) is 20.3. The second kappa shape index (κ2) is 9.98. The summed E-state index contributed by atoms with van der Waals surface area (Å²) in [6.07, 6.45) is 3.39. The number of likely N-dealkylation sites (tertiary alicyclic amines) is 1. The molecule has 2 atom stereocenters. The number of benzene rings is 1. The van der Waals surface area contributed by atoms with Gasteiger partial charge < -0.3 is 15.5 Å². The normalized spacial score (nSPS) is 21.4. The Morgan fingerprint density at radius 3 is 2.76 bits per heavy atom. The minimum Gasteiger partial charge on any atom is -0.354 e. The summed E-state index contributed by atoms with van der Waals surface area (Å²) in [6, 6.07) is 1.84. The fraction of sp³-hybridized carbons (Fsp3) is 0.579. The molecule has 2 fully saturated rings. The Bertz CT molecular complexity index is 786. The van der Waals surface area contributed by atoms with Crippen LogP contribution >= 0.6 is 12.4 Å². The van der Waals surface area contributed by atoms with Crippen LogP contribution in [0.4, 0.5) is 10.1 Å². The predicted octanol–water partition coefficient (Wildman–Crippen LogP) is 2.18. The number of carbonyl (C=O) groups excluding carboxylic acids is 2. The maximum absolute atomic E-state index is 13.8. The number of hydrogen-bond acceptors (Lipinski definition) is 5. The van der Waals surface area contributed by atoms with Gasteiger partial charge in [0.1, 0.15) is 11.4 Å². The summed E-state index contributed by atoms with van der Waals surface area (Å²) in [5.74, 6) is -1.17. The van der Waals surface area contributed by atoms with Crippen LogP contribution in [0.2, 0.25) is 0 Å². The van der Waals surface area contributed by atoms with E-state index in [-0.39, 0.29) is 47.1 Å². The van der Waals surface area contributed by atoms with Crippen LogP contribution in [0.5, 0.6) is 0 Å². The minimum atomic E-state index is -0.670. The van der Waals surface area contributed by atoms with Gasteiger partial charge in [0.15, 0.2) is 0 Å². The number of halogens is 2. The summed E-state index contributed by atoms with van der Waals surface area (Å²) in [7, 11) is 0. The quantitative estimate of drug-likeness (QED) is 0.552. The zero-order valence-electron chi connectivity index (χ0n) is 16.3. The van der Waals surface area contributed by atoms with Crippen LogP contribution in [-0.2, 0) is 4.79 Å². The lowest BCUT2D eigenvalue weighted by molar-refractivity contribution is -0.385. The largest absolute Gasteiger partial charge is 0.354 e. The van der Waals surface area contributed by atoms with Gasteiger partial charge in [-0.25, -0.2) is 4.39 Å². The highest BCUT2D eigenvalue weighted by Gasteiger charge is 2.31. The highest BCUT2D eigenvalue weighted by molar-refractivity contribution is 5.98. The third kappa shape index (κ3) is 5.42. The van der Waals surface area contributed by atoms with Crippen LogP contribution in [-0.4, -0.2) is 53.9 Å². The molecule has 2 saturated heterocycles. The van der Waals surface area contributed by atoms with Crippen LogP contribution < -0.4 is 10.6 Å². The summed E-state index contributed by atoms with van der Waals surface area (Å²) >= 11 is 0. The van der Waals surface area contributed by atoms with Crippen molar-refractivity contribution in [3.63, 3.8) is 0 Å². The number of nitrogens with one attached hydrogen (secondary N) is 2. The molecule has 2 heterocycles. The summed E-state index contributed by atoms with van der Waals surface area (Å²) in [5.41, 5.74) is -0.449. The molecule has 1 aromatic rings. The molecule has 29 heavy (non-hydrogen) atoms. The molecule has 3 rings (SSSR count). The Hall–Kier alpha value is -2.26. The van der Waals surface area contributed by atoms with Gasteiger partial charge >= 0.3 is 0 Å². The molecule has 160 valence electrons. The van der Waals surface area contributed by atoms with Gasteiger partial charge in [0.2, 0.25) is 5.91 Å². The molecule has 1 aromatic carbocycles. The molecule has 2 aliphatic heterocycles. The lowest BCUT2D eigenvalue weighted by Gasteiger charge is -2.33. The van der Waals surface area contributed by atoms with E-state index in [0.717, 1.165) is 44.4 Å². The molecule has 0 bridgehead atoms. The number of nitrogens with zero attached hydrogens (tertiary/aromatic N) is 2. The van der Waals surface area contributed by atoms with Gasteiger partial charge in [0.25, 0.3) is 11.6 Å². The first-order valence-electron chi connectivity index (χ1n) is 9.61. The van der Waals surface area contributed by atoms with E-state index >= 15 is 0 Å². The van der Waals surface area contributed by atoms with Crippen molar-refractivity contribution in [3.05, 3.63) is 39.2 Å². The Morgan fingerprint density at radius 2 is 2.10 bits per heavy atom. The maximum Gasteiger partial charge on any atom is 0.285 e. The standard InChI is InChI=1S/C19H25FN4O4.ClH/c1-12-8-14(20)9-15(17(12)24(27)28)19(26)23-7-3-4-13(11-23)10-22-18(25)16-5-2-6-21-16;/h8-9,13,16,21H,2-7,10-11H2,1H3,(H,22,25);1H. The van der Waals surface area contributed by atoms with E-state index in [1.54, 1.807) is 0 Å². The molecule has 8 nitrogen and oxygen atoms in total. The lowest BCUT2D eigenvalue weighted by Crippen LogP contribution is -2.46. The molecule has 0 aliphatic carbocycles. The molecule has 2 unspecified atom stereocenters. The van der Waals surface area contributed by atoms with Crippen molar-refractivity contribution in [3.8, 4) is 0 Å². The van der Waals surface area contributed by atoms with Gasteiger partial charge in [-0.15, -0.1) is 12.4 Å². The molecule has 0 spiro atoms. The number of nitro groups is 1. The van der Waals surface area contributed by atoms with Gasteiger partial charge in [0.05, 0.1) is 11.0 Å². The number of piperidine rings is 1. The van der Waals surface area contributed by atoms with Crippen molar-refractivity contribution in [2.45, 2.75) is 38.6 Å². The first-order chi connectivity index (χ1) is 13.4. The second-order valence-electron chi connectivity index (χ2n) is 7.53. The third-order valence-electron chi connectivity index (χ3n) is 5.43. The topological polar surface area (TPSA) is 105 Å². The molecular formula is C19H26ClFN4O4. The molecule has 0 aromatic heterocycles. The Balaban J connectivity index is 0.00000300. The van der Waals surface area contributed by atoms with E-state index in [9.17, 15) is 24.1 Å². The predicted molar refractivity (Wildman–Crippen MR) is 108 cm³/mol. The molecule has 2 aliphatic rings. The molecular weight excluding hydrogens is 403 g/mol. The van der Waals surface area contributed by atoms with Gasteiger partial charge in [0, 0.05) is 25.2 Å². The lowest BCUT2D eigenvalue weighted by atomic mass is 9.96. The molecule has 10 heteroatoms. The number of carbonyl (C=O) groups is 2. The fourth-order valence-corrected chi connectivity index (χ4v) is 4.00. The number of rotatable bonds is 5. The Morgan fingerprint density at radius 1 is 1.34 bits per heavy atom. The van der Waals surface area contributed by atoms with E-state index in [4.69, 9.17) is 0 Å². The summed E-state index contributed by atoms with van der Waals surface area (Å²) in [6.45, 7) is 3.55. The average molecular weight is 429 g/mol. The molecule has 0 saturated carbocycles. The Kier molecular flexibility index (Phi) is 7.92. The van der Waals surface area contributed by atoms with Gasteiger partial charge in [-0.3, -0.25) is 19.7 Å². The van der Waals surface area contributed by atoms with Crippen molar-refractivity contribution in [1.29, 1.82) is 0 Å². The van der Waals surface area contributed by atoms with E-state index < -0.39 is 16.6 Å². The molecule has 2 N–H and O–H groups in total. The number of amides is 2. The smallest absolute Gasteiger partial charge is 0.285 e. The van der Waals surface area contributed by atoms with Gasteiger partial charge in [-0.2, -0.15) is 0 Å². The number of hydrogen-bond donors (Lipinski definition) is 2. The Labute approximate surface area is 174 Å². The maximum atomic E-state index is 13.8. The average Bonchev–Trinajstić information content (AvgIpc) is 3.19. The first kappa shape index (κ1) is 23.0.